The largest absolute Gasteiger partial charge is 0.351 e. The lowest BCUT2D eigenvalue weighted by atomic mass is 9.98. The van der Waals surface area contributed by atoms with Gasteiger partial charge >= 0.3 is 6.03 Å². The van der Waals surface area contributed by atoms with E-state index in [4.69, 9.17) is 5.73 Å². The molecule has 0 unspecified atom stereocenters. The summed E-state index contributed by atoms with van der Waals surface area (Å²) in [7, 11) is -3.06. The third-order valence-electron chi connectivity index (χ3n) is 4.90. The van der Waals surface area contributed by atoms with Gasteiger partial charge in [-0.1, -0.05) is 13.8 Å². The molecule has 3 rings (SSSR count). The highest BCUT2D eigenvalue weighted by Crippen LogP contribution is 2.30. The fourth-order valence-electron chi connectivity index (χ4n) is 3.32. The molecule has 1 aliphatic rings. The maximum absolute atomic E-state index is 11.9. The molecule has 1 atom stereocenters. The van der Waals surface area contributed by atoms with Crippen LogP contribution in [-0.2, 0) is 16.3 Å². The number of fused-ring (bicyclic) bond motifs is 1. The van der Waals surface area contributed by atoms with Gasteiger partial charge in [0.05, 0.1) is 5.75 Å². The molecular weight excluding hydrogens is 364 g/mol. The van der Waals surface area contributed by atoms with E-state index < -0.39 is 15.9 Å². The molecule has 0 saturated carbocycles. The van der Waals surface area contributed by atoms with Gasteiger partial charge in [0.25, 0.3) is 0 Å². The van der Waals surface area contributed by atoms with E-state index in [9.17, 15) is 13.2 Å². The fraction of sp³-hybridized carbons (Fsp3) is 0.421. The Labute approximate surface area is 159 Å². The van der Waals surface area contributed by atoms with E-state index in [1.807, 2.05) is 19.1 Å². The number of hydrogen-bond donors (Lipinski definition) is 1. The molecule has 2 N–H and O–H groups in total. The summed E-state index contributed by atoms with van der Waals surface area (Å²) in [6, 6.07) is 3.47. The molecule has 0 aromatic carbocycles. The summed E-state index contributed by atoms with van der Waals surface area (Å²) >= 11 is 0. The maximum Gasteiger partial charge on any atom is 0.320 e. The molecule has 0 spiro atoms. The van der Waals surface area contributed by atoms with E-state index in [-0.39, 0.29) is 17.4 Å². The molecule has 2 amide bonds. The van der Waals surface area contributed by atoms with Gasteiger partial charge in [-0.15, -0.1) is 0 Å². The monoisotopic (exact) mass is 388 g/mol. The number of pyridine rings is 2. The van der Waals surface area contributed by atoms with Crippen LogP contribution in [0, 0.1) is 0 Å². The molecule has 0 bridgehead atoms. The lowest BCUT2D eigenvalue weighted by Gasteiger charge is -2.27. The Kier molecular flexibility index (Phi) is 5.46. The Morgan fingerprint density at radius 3 is 2.70 bits per heavy atom. The Balaban J connectivity index is 1.91. The minimum absolute atomic E-state index is 0.102. The van der Waals surface area contributed by atoms with Crippen molar-refractivity contribution in [2.24, 2.45) is 5.73 Å². The first kappa shape index (κ1) is 19.3. The minimum Gasteiger partial charge on any atom is -0.351 e. The Hall–Kier alpha value is -2.48. The number of hydrogen-bond acceptors (Lipinski definition) is 5. The van der Waals surface area contributed by atoms with Crippen LogP contribution in [0.3, 0.4) is 0 Å². The molecular formula is C19H24N4O3S. The average molecular weight is 388 g/mol. The van der Waals surface area contributed by atoms with Crippen LogP contribution in [0.15, 0.2) is 30.7 Å². The number of carbonyl (C=O) groups excluding carboxylic acids is 1. The van der Waals surface area contributed by atoms with E-state index >= 15 is 0 Å². The SMILES string of the molecule is CCS(=O)(=O)C[C@H](C)c1cncc(-c2cnc3c(c2)CCCN3C(N)=O)c1. The van der Waals surface area contributed by atoms with Gasteiger partial charge < -0.3 is 5.73 Å². The number of anilines is 1. The van der Waals surface area contributed by atoms with Gasteiger partial charge in [0.1, 0.15) is 5.82 Å². The Bertz CT molecular complexity index is 959. The molecule has 2 aromatic heterocycles. The van der Waals surface area contributed by atoms with Gasteiger partial charge in [-0.05, 0) is 42.0 Å². The summed E-state index contributed by atoms with van der Waals surface area (Å²) in [5.74, 6) is 0.711. The summed E-state index contributed by atoms with van der Waals surface area (Å²) in [6.45, 7) is 4.13. The molecule has 27 heavy (non-hydrogen) atoms. The summed E-state index contributed by atoms with van der Waals surface area (Å²) in [5.41, 5.74) is 9.05. The van der Waals surface area contributed by atoms with E-state index in [2.05, 4.69) is 9.97 Å². The van der Waals surface area contributed by atoms with Gasteiger partial charge in [0.15, 0.2) is 9.84 Å². The summed E-state index contributed by atoms with van der Waals surface area (Å²) in [5, 5.41) is 0. The molecule has 1 aliphatic heterocycles. The summed E-state index contributed by atoms with van der Waals surface area (Å²) in [4.78, 5) is 21.8. The van der Waals surface area contributed by atoms with Crippen LogP contribution < -0.4 is 10.6 Å². The van der Waals surface area contributed by atoms with Crippen LogP contribution >= 0.6 is 0 Å². The van der Waals surface area contributed by atoms with Gasteiger partial charge in [0.2, 0.25) is 0 Å². The van der Waals surface area contributed by atoms with Crippen LogP contribution in [0.1, 0.15) is 37.3 Å². The van der Waals surface area contributed by atoms with E-state index in [1.165, 1.54) is 4.90 Å². The molecule has 7 nitrogen and oxygen atoms in total. The summed E-state index contributed by atoms with van der Waals surface area (Å²) < 4.78 is 23.8. The second-order valence-corrected chi connectivity index (χ2v) is 9.30. The Morgan fingerprint density at radius 1 is 1.26 bits per heavy atom. The number of nitrogens with zero attached hydrogens (tertiary/aromatic N) is 3. The van der Waals surface area contributed by atoms with Gasteiger partial charge in [0, 0.05) is 42.0 Å². The number of sulfone groups is 1. The number of aromatic nitrogens is 2. The Morgan fingerprint density at radius 2 is 2.00 bits per heavy atom. The normalized spacial score (nSPS) is 15.3. The second kappa shape index (κ2) is 7.64. The molecule has 3 heterocycles. The van der Waals surface area contributed by atoms with Crippen molar-refractivity contribution in [3.63, 3.8) is 0 Å². The first-order valence-corrected chi connectivity index (χ1v) is 10.8. The first-order chi connectivity index (χ1) is 12.8. The molecule has 0 radical (unpaired) electrons. The fourth-order valence-corrected chi connectivity index (χ4v) is 4.51. The van der Waals surface area contributed by atoms with Crippen molar-refractivity contribution in [1.29, 1.82) is 0 Å². The molecule has 0 fully saturated rings. The van der Waals surface area contributed by atoms with Crippen LogP contribution in [0.4, 0.5) is 10.6 Å². The zero-order valence-corrected chi connectivity index (χ0v) is 16.4. The third-order valence-corrected chi connectivity index (χ3v) is 6.79. The molecule has 2 aromatic rings. The summed E-state index contributed by atoms with van der Waals surface area (Å²) in [6.07, 6.45) is 6.82. The highest BCUT2D eigenvalue weighted by atomic mass is 32.2. The van der Waals surface area contributed by atoms with E-state index in [0.29, 0.717) is 12.4 Å². The topological polar surface area (TPSA) is 106 Å². The second-order valence-electron chi connectivity index (χ2n) is 6.91. The molecule has 0 saturated heterocycles. The van der Waals surface area contributed by atoms with E-state index in [0.717, 1.165) is 35.1 Å². The molecule has 144 valence electrons. The predicted molar refractivity (Wildman–Crippen MR) is 105 cm³/mol. The third kappa shape index (κ3) is 4.27. The predicted octanol–water partition coefficient (Wildman–Crippen LogP) is 2.51. The van der Waals surface area contributed by atoms with Crippen LogP contribution in [0.2, 0.25) is 0 Å². The van der Waals surface area contributed by atoms with Crippen molar-refractivity contribution in [2.45, 2.75) is 32.6 Å². The van der Waals surface area contributed by atoms with Crippen LogP contribution in [0.25, 0.3) is 11.1 Å². The zero-order chi connectivity index (χ0) is 19.6. The van der Waals surface area contributed by atoms with E-state index in [1.54, 1.807) is 25.5 Å². The number of aryl methyl sites for hydroxylation is 1. The van der Waals surface area contributed by atoms with Crippen LogP contribution in [-0.4, -0.2) is 42.5 Å². The van der Waals surface area contributed by atoms with Crippen molar-refractivity contribution >= 4 is 21.7 Å². The maximum atomic E-state index is 11.9. The van der Waals surface area contributed by atoms with Crippen molar-refractivity contribution in [3.05, 3.63) is 41.9 Å². The van der Waals surface area contributed by atoms with Crippen molar-refractivity contribution in [2.75, 3.05) is 23.0 Å². The quantitative estimate of drug-likeness (QED) is 0.847. The number of rotatable bonds is 5. The standard InChI is InChI=1S/C19H24N4O3S/c1-3-27(25,26)12-13(2)15-8-16(10-21-9-15)17-7-14-5-4-6-23(19(20)24)18(14)22-11-17/h7-11,13H,3-6,12H2,1-2H3,(H2,20,24)/t13-/m0/s1. The van der Waals surface area contributed by atoms with Crippen molar-refractivity contribution < 1.29 is 13.2 Å². The number of primary amides is 1. The average Bonchev–Trinajstić information content (AvgIpc) is 2.66. The lowest BCUT2D eigenvalue weighted by molar-refractivity contribution is 0.253. The van der Waals surface area contributed by atoms with Crippen molar-refractivity contribution in [1.82, 2.24) is 9.97 Å². The highest BCUT2D eigenvalue weighted by molar-refractivity contribution is 7.91. The molecule has 0 aliphatic carbocycles. The first-order valence-electron chi connectivity index (χ1n) is 9.02. The highest BCUT2D eigenvalue weighted by Gasteiger charge is 2.23. The van der Waals surface area contributed by atoms with Gasteiger partial charge in [-0.25, -0.2) is 18.2 Å². The van der Waals surface area contributed by atoms with Gasteiger partial charge in [-0.3, -0.25) is 9.88 Å². The zero-order valence-electron chi connectivity index (χ0n) is 15.6. The lowest BCUT2D eigenvalue weighted by Crippen LogP contribution is -2.40. The molecule has 8 heteroatoms. The number of carbonyl (C=O) groups is 1. The van der Waals surface area contributed by atoms with Gasteiger partial charge in [-0.2, -0.15) is 0 Å². The minimum atomic E-state index is -3.06. The van der Waals surface area contributed by atoms with Crippen LogP contribution in [0.5, 0.6) is 0 Å². The smallest absolute Gasteiger partial charge is 0.320 e. The number of nitrogens with two attached hydrogens (primary N) is 1. The van der Waals surface area contributed by atoms with Crippen molar-refractivity contribution in [3.8, 4) is 11.1 Å². The number of urea groups is 1. The number of amides is 2.